The lowest BCUT2D eigenvalue weighted by atomic mass is 10.4. The minimum atomic E-state index is -4.62. The summed E-state index contributed by atoms with van der Waals surface area (Å²) < 4.78 is 64.3. The van der Waals surface area contributed by atoms with Crippen LogP contribution in [0.5, 0.6) is 0 Å². The average Bonchev–Trinajstić information content (AvgIpc) is 2.60. The number of rotatable bonds is 4. The van der Waals surface area contributed by atoms with Gasteiger partial charge in [-0.05, 0) is 6.92 Å². The Labute approximate surface area is 94.6 Å². The first kappa shape index (κ1) is 14.4. The lowest BCUT2D eigenvalue weighted by Gasteiger charge is -2.15. The zero-order chi connectivity index (χ0) is 13.1. The molecular weight excluding hydrogens is 268 g/mol. The highest BCUT2D eigenvalue weighted by atomic mass is 31.2. The van der Waals surface area contributed by atoms with Crippen molar-refractivity contribution < 1.29 is 40.8 Å². The van der Waals surface area contributed by atoms with Gasteiger partial charge in [-0.1, -0.05) is 0 Å². The smallest absolute Gasteiger partial charge is 0.454 e. The van der Waals surface area contributed by atoms with Crippen LogP contribution in [0.3, 0.4) is 0 Å². The van der Waals surface area contributed by atoms with Crippen LogP contribution in [0.4, 0.5) is 13.2 Å². The molecule has 0 aromatic heterocycles. The third kappa shape index (κ3) is 5.03. The second-order valence-electron chi connectivity index (χ2n) is 3.08. The van der Waals surface area contributed by atoms with Crippen molar-refractivity contribution in [2.75, 3.05) is 19.8 Å². The molecule has 0 amide bonds. The van der Waals surface area contributed by atoms with E-state index in [4.69, 9.17) is 0 Å². The second-order valence-corrected chi connectivity index (χ2v) is 4.71. The van der Waals surface area contributed by atoms with Crippen molar-refractivity contribution in [3.8, 4) is 0 Å². The van der Waals surface area contributed by atoms with Gasteiger partial charge in [-0.15, -0.1) is 0 Å². The third-order valence-electron chi connectivity index (χ3n) is 1.58. The largest absolute Gasteiger partial charge is 0.475 e. The predicted molar refractivity (Wildman–Crippen MR) is 47.1 cm³/mol. The number of phosphoric ester groups is 1. The van der Waals surface area contributed by atoms with Gasteiger partial charge >= 0.3 is 20.0 Å². The van der Waals surface area contributed by atoms with Crippen molar-refractivity contribution in [2.24, 2.45) is 0 Å². The number of hydrogen-bond acceptors (Lipinski definition) is 6. The molecule has 1 saturated heterocycles. The van der Waals surface area contributed by atoms with Crippen molar-refractivity contribution in [2.45, 2.75) is 19.2 Å². The molecule has 0 aromatic carbocycles. The molecule has 0 aromatic rings. The van der Waals surface area contributed by atoms with E-state index in [0.717, 1.165) is 6.92 Å². The minimum Gasteiger partial charge on any atom is -0.454 e. The highest BCUT2D eigenvalue weighted by molar-refractivity contribution is 7.48. The van der Waals surface area contributed by atoms with Crippen LogP contribution in [-0.4, -0.2) is 38.1 Å². The first-order valence-corrected chi connectivity index (χ1v) is 5.99. The van der Waals surface area contributed by atoms with Crippen LogP contribution in [0.25, 0.3) is 0 Å². The van der Waals surface area contributed by atoms with E-state index in [1.807, 2.05) is 0 Å². The summed E-state index contributed by atoms with van der Waals surface area (Å²) in [5, 5.41) is 0. The van der Waals surface area contributed by atoms with Gasteiger partial charge in [0.15, 0.2) is 12.7 Å². The van der Waals surface area contributed by atoms with Gasteiger partial charge in [0.05, 0.1) is 13.2 Å². The summed E-state index contributed by atoms with van der Waals surface area (Å²) in [5.41, 5.74) is 0. The number of esters is 1. The molecule has 0 bridgehead atoms. The first-order chi connectivity index (χ1) is 7.72. The Bertz CT molecular complexity index is 320. The molecule has 6 nitrogen and oxygen atoms in total. The number of carbonyl (C=O) groups excluding carboxylic acids is 1. The van der Waals surface area contributed by atoms with Gasteiger partial charge in [-0.2, -0.15) is 13.2 Å². The van der Waals surface area contributed by atoms with Crippen LogP contribution in [0.2, 0.25) is 0 Å². The summed E-state index contributed by atoms with van der Waals surface area (Å²) in [4.78, 5) is 11.0. The van der Waals surface area contributed by atoms with Crippen molar-refractivity contribution >= 4 is 13.8 Å². The molecule has 0 spiro atoms. The molecule has 1 unspecified atom stereocenters. The summed E-state index contributed by atoms with van der Waals surface area (Å²) in [5.74, 6) is -1.29. The van der Waals surface area contributed by atoms with Crippen LogP contribution in [0.1, 0.15) is 6.92 Å². The Kier molecular flexibility index (Phi) is 4.54. The molecule has 1 aliphatic heterocycles. The van der Waals surface area contributed by atoms with Crippen LogP contribution in [-0.2, 0) is 27.7 Å². The van der Waals surface area contributed by atoms with Gasteiger partial charge in [-0.25, -0.2) is 9.36 Å². The maximum absolute atomic E-state index is 11.7. The molecule has 1 fully saturated rings. The highest BCUT2D eigenvalue weighted by Gasteiger charge is 2.37. The van der Waals surface area contributed by atoms with Gasteiger partial charge in [0, 0.05) is 0 Å². The molecule has 1 atom stereocenters. The SMILES string of the molecule is CC(OP1(=O)OCCO1)C(=O)OCC(F)(F)F. The average molecular weight is 278 g/mol. The fourth-order valence-corrected chi connectivity index (χ4v) is 2.17. The predicted octanol–water partition coefficient (Wildman–Crippen LogP) is 1.65. The van der Waals surface area contributed by atoms with Crippen LogP contribution >= 0.6 is 7.82 Å². The minimum absolute atomic E-state index is 0.0294. The van der Waals surface area contributed by atoms with Gasteiger partial charge < -0.3 is 4.74 Å². The van der Waals surface area contributed by atoms with E-state index in [1.54, 1.807) is 0 Å². The normalized spacial score (nSPS) is 21.2. The summed E-state index contributed by atoms with van der Waals surface area (Å²) in [7, 11) is -3.83. The van der Waals surface area contributed by atoms with E-state index in [-0.39, 0.29) is 13.2 Å². The van der Waals surface area contributed by atoms with Crippen molar-refractivity contribution in [1.82, 2.24) is 0 Å². The molecule has 17 heavy (non-hydrogen) atoms. The van der Waals surface area contributed by atoms with E-state index >= 15 is 0 Å². The van der Waals surface area contributed by atoms with E-state index in [1.165, 1.54) is 0 Å². The summed E-state index contributed by atoms with van der Waals surface area (Å²) >= 11 is 0. The van der Waals surface area contributed by atoms with Crippen LogP contribution < -0.4 is 0 Å². The Balaban J connectivity index is 2.39. The number of phosphoric acid groups is 1. The molecule has 1 rings (SSSR count). The summed E-state index contributed by atoms with van der Waals surface area (Å²) in [6, 6.07) is 0. The van der Waals surface area contributed by atoms with Gasteiger partial charge in [0.1, 0.15) is 0 Å². The Hall–Kier alpha value is -0.630. The zero-order valence-electron chi connectivity index (χ0n) is 8.73. The number of alkyl halides is 3. The van der Waals surface area contributed by atoms with Gasteiger partial charge in [0.2, 0.25) is 0 Å². The number of carbonyl (C=O) groups is 1. The molecule has 1 aliphatic rings. The van der Waals surface area contributed by atoms with E-state index in [0.29, 0.717) is 0 Å². The van der Waals surface area contributed by atoms with E-state index < -0.39 is 32.7 Å². The molecule has 0 aliphatic carbocycles. The lowest BCUT2D eigenvalue weighted by molar-refractivity contribution is -0.190. The van der Waals surface area contributed by atoms with Gasteiger partial charge in [0.25, 0.3) is 0 Å². The summed E-state index contributed by atoms with van der Waals surface area (Å²) in [6.07, 6.45) is -6.10. The molecule has 100 valence electrons. The maximum Gasteiger partial charge on any atom is 0.475 e. The molecule has 0 radical (unpaired) electrons. The number of halogens is 3. The van der Waals surface area contributed by atoms with E-state index in [9.17, 15) is 22.5 Å². The van der Waals surface area contributed by atoms with Crippen molar-refractivity contribution in [3.63, 3.8) is 0 Å². The standard InChI is InChI=1S/C7H10F3O6P/c1-5(6(11)13-4-7(8,9)10)16-17(12)14-2-3-15-17/h5H,2-4H2,1H3. The fourth-order valence-electron chi connectivity index (χ4n) is 0.903. The number of hydrogen-bond donors (Lipinski definition) is 0. The van der Waals surface area contributed by atoms with Gasteiger partial charge in [-0.3, -0.25) is 13.6 Å². The fraction of sp³-hybridized carbons (Fsp3) is 0.857. The topological polar surface area (TPSA) is 71.1 Å². The molecular formula is C7H10F3O6P. The third-order valence-corrected chi connectivity index (χ3v) is 3.15. The highest BCUT2D eigenvalue weighted by Crippen LogP contribution is 2.53. The van der Waals surface area contributed by atoms with Crippen LogP contribution in [0, 0.1) is 0 Å². The Morgan fingerprint density at radius 1 is 1.41 bits per heavy atom. The molecule has 0 N–H and O–H groups in total. The number of ether oxygens (including phenoxy) is 1. The second kappa shape index (κ2) is 5.34. The molecule has 10 heteroatoms. The van der Waals surface area contributed by atoms with Crippen molar-refractivity contribution in [3.05, 3.63) is 0 Å². The monoisotopic (exact) mass is 278 g/mol. The van der Waals surface area contributed by atoms with E-state index in [2.05, 4.69) is 18.3 Å². The molecule has 1 heterocycles. The first-order valence-electron chi connectivity index (χ1n) is 4.53. The molecule has 0 saturated carbocycles. The Morgan fingerprint density at radius 3 is 2.41 bits per heavy atom. The quantitative estimate of drug-likeness (QED) is 0.575. The Morgan fingerprint density at radius 2 is 1.94 bits per heavy atom. The maximum atomic E-state index is 11.7. The van der Waals surface area contributed by atoms with Crippen LogP contribution in [0.15, 0.2) is 0 Å². The van der Waals surface area contributed by atoms with Crippen molar-refractivity contribution in [1.29, 1.82) is 0 Å². The summed E-state index contributed by atoms with van der Waals surface area (Å²) in [6.45, 7) is -0.585. The zero-order valence-corrected chi connectivity index (χ0v) is 9.62. The lowest BCUT2D eigenvalue weighted by Crippen LogP contribution is -2.27.